The molecule has 0 radical (unpaired) electrons. The van der Waals surface area contributed by atoms with Crippen molar-refractivity contribution in [3.8, 4) is 0 Å². The van der Waals surface area contributed by atoms with Crippen molar-refractivity contribution >= 4 is 24.3 Å². The van der Waals surface area contributed by atoms with Crippen LogP contribution >= 0.6 is 0 Å². The normalized spacial score (nSPS) is 26.1. The smallest absolute Gasteiger partial charge is 0.410 e. The molecule has 0 saturated carbocycles. The summed E-state index contributed by atoms with van der Waals surface area (Å²) in [7, 11) is 0. The topological polar surface area (TPSA) is 93.2 Å². The molecule has 0 aliphatic carbocycles. The van der Waals surface area contributed by atoms with E-state index in [-0.39, 0.29) is 50.8 Å². The highest BCUT2D eigenvalue weighted by atomic mass is 19.1. The summed E-state index contributed by atoms with van der Waals surface area (Å²) in [6, 6.07) is 2.46. The number of carbonyl (C=O) groups excluding carboxylic acids is 4. The second-order valence-electron chi connectivity index (χ2n) is 11.1. The van der Waals surface area contributed by atoms with E-state index in [1.54, 1.807) is 6.07 Å². The van der Waals surface area contributed by atoms with E-state index in [4.69, 9.17) is 9.47 Å². The van der Waals surface area contributed by atoms with E-state index in [1.165, 1.54) is 15.9 Å². The van der Waals surface area contributed by atoms with Gasteiger partial charge in [-0.3, -0.25) is 14.5 Å². The standard InChI is InChI=1S/C27H35FN2O6/c1-27(2,3)22-12-24(32)35-10-6-4-5-7-17-8-9-23(28)21-15-29(14-20(17)21)26(34)36-19-11-18(16-31)30(13-19)25(22)33/h8-9,16,18-19,22H,4-7,10-15H2,1-3H3/t18-,19+,22+/m0/s1. The lowest BCUT2D eigenvalue weighted by Gasteiger charge is -2.33. The Morgan fingerprint density at radius 2 is 1.81 bits per heavy atom. The van der Waals surface area contributed by atoms with E-state index in [0.717, 1.165) is 30.4 Å². The third kappa shape index (κ3) is 5.55. The summed E-state index contributed by atoms with van der Waals surface area (Å²) in [6.07, 6.45) is 2.61. The predicted octanol–water partition coefficient (Wildman–Crippen LogP) is 3.77. The third-order valence-corrected chi connectivity index (χ3v) is 7.51. The lowest BCUT2D eigenvalue weighted by atomic mass is 9.77. The van der Waals surface area contributed by atoms with Crippen LogP contribution in [0.3, 0.4) is 0 Å². The van der Waals surface area contributed by atoms with E-state index >= 15 is 0 Å². The number of ether oxygens (including phenoxy) is 2. The number of nitrogens with zero attached hydrogens (tertiary/aromatic N) is 2. The lowest BCUT2D eigenvalue weighted by molar-refractivity contribution is -0.152. The molecule has 8 nitrogen and oxygen atoms in total. The highest BCUT2D eigenvalue weighted by Gasteiger charge is 2.44. The van der Waals surface area contributed by atoms with Gasteiger partial charge in [-0.1, -0.05) is 26.8 Å². The van der Waals surface area contributed by atoms with E-state index in [1.807, 2.05) is 20.8 Å². The minimum atomic E-state index is -0.749. The van der Waals surface area contributed by atoms with Crippen molar-refractivity contribution in [1.29, 1.82) is 0 Å². The molecule has 1 aromatic rings. The number of amides is 2. The first-order valence-electron chi connectivity index (χ1n) is 12.7. The first kappa shape index (κ1) is 26.1. The Kier molecular flexibility index (Phi) is 7.66. The molecule has 3 atom stereocenters. The molecule has 2 amide bonds. The molecular weight excluding hydrogens is 467 g/mol. The molecule has 1 fully saturated rings. The van der Waals surface area contributed by atoms with Gasteiger partial charge in [0.25, 0.3) is 0 Å². The highest BCUT2D eigenvalue weighted by Crippen LogP contribution is 2.35. The number of carbonyl (C=O) groups is 4. The quantitative estimate of drug-likeness (QED) is 0.429. The molecule has 0 unspecified atom stereocenters. The van der Waals surface area contributed by atoms with Gasteiger partial charge in [-0.15, -0.1) is 0 Å². The van der Waals surface area contributed by atoms with Gasteiger partial charge in [-0.25, -0.2) is 9.18 Å². The van der Waals surface area contributed by atoms with Crippen LogP contribution in [0.15, 0.2) is 12.1 Å². The van der Waals surface area contributed by atoms with Gasteiger partial charge in [-0.2, -0.15) is 0 Å². The summed E-state index contributed by atoms with van der Waals surface area (Å²) < 4.78 is 25.7. The molecule has 1 saturated heterocycles. The Morgan fingerprint density at radius 1 is 1.06 bits per heavy atom. The molecule has 3 aliphatic heterocycles. The maximum Gasteiger partial charge on any atom is 0.410 e. The Hall–Kier alpha value is -2.97. The van der Waals surface area contributed by atoms with Crippen molar-refractivity contribution in [2.24, 2.45) is 11.3 Å². The van der Waals surface area contributed by atoms with Gasteiger partial charge in [0.1, 0.15) is 18.2 Å². The van der Waals surface area contributed by atoms with Crippen LogP contribution in [0, 0.1) is 17.2 Å². The zero-order chi connectivity index (χ0) is 26.0. The van der Waals surface area contributed by atoms with Crippen LogP contribution < -0.4 is 0 Å². The van der Waals surface area contributed by atoms with Crippen LogP contribution in [0.25, 0.3) is 0 Å². The van der Waals surface area contributed by atoms with Gasteiger partial charge < -0.3 is 19.2 Å². The first-order chi connectivity index (χ1) is 17.1. The highest BCUT2D eigenvalue weighted by molar-refractivity contribution is 5.87. The average molecular weight is 503 g/mol. The number of hydrogen-bond acceptors (Lipinski definition) is 6. The van der Waals surface area contributed by atoms with E-state index in [9.17, 15) is 23.6 Å². The number of fused-ring (bicyclic) bond motifs is 3. The molecule has 36 heavy (non-hydrogen) atoms. The van der Waals surface area contributed by atoms with Gasteiger partial charge in [0.2, 0.25) is 5.91 Å². The second-order valence-corrected chi connectivity index (χ2v) is 11.1. The number of benzene rings is 1. The molecule has 0 spiro atoms. The molecule has 196 valence electrons. The summed E-state index contributed by atoms with van der Waals surface area (Å²) in [6.45, 7) is 6.35. The van der Waals surface area contributed by atoms with Crippen molar-refractivity contribution < 1.29 is 33.0 Å². The van der Waals surface area contributed by atoms with Crippen LogP contribution in [0.2, 0.25) is 0 Å². The van der Waals surface area contributed by atoms with Crippen molar-refractivity contribution in [3.63, 3.8) is 0 Å². The number of esters is 1. The van der Waals surface area contributed by atoms with Crippen LogP contribution in [-0.4, -0.2) is 59.4 Å². The van der Waals surface area contributed by atoms with Gasteiger partial charge in [0.05, 0.1) is 44.6 Å². The van der Waals surface area contributed by atoms with Crippen LogP contribution in [0.1, 0.15) is 69.6 Å². The first-order valence-corrected chi connectivity index (χ1v) is 12.7. The van der Waals surface area contributed by atoms with Crippen molar-refractivity contribution in [2.45, 2.75) is 84.5 Å². The van der Waals surface area contributed by atoms with Crippen molar-refractivity contribution in [3.05, 3.63) is 34.6 Å². The van der Waals surface area contributed by atoms with Crippen molar-refractivity contribution in [1.82, 2.24) is 9.80 Å². The fourth-order valence-corrected chi connectivity index (χ4v) is 5.36. The fourth-order valence-electron chi connectivity index (χ4n) is 5.36. The zero-order valence-corrected chi connectivity index (χ0v) is 21.3. The number of aryl methyl sites for hydroxylation is 1. The Bertz CT molecular complexity index is 1040. The predicted molar refractivity (Wildman–Crippen MR) is 128 cm³/mol. The van der Waals surface area contributed by atoms with Gasteiger partial charge in [-0.05, 0) is 48.3 Å². The number of rotatable bonds is 1. The monoisotopic (exact) mass is 502 g/mol. The Morgan fingerprint density at radius 3 is 2.53 bits per heavy atom. The minimum Gasteiger partial charge on any atom is -0.466 e. The summed E-state index contributed by atoms with van der Waals surface area (Å²) in [5.41, 5.74) is 1.79. The summed E-state index contributed by atoms with van der Waals surface area (Å²) in [4.78, 5) is 53.8. The molecule has 4 rings (SSSR count). The van der Waals surface area contributed by atoms with Gasteiger partial charge >= 0.3 is 12.1 Å². The average Bonchev–Trinajstić information content (AvgIpc) is 3.44. The largest absolute Gasteiger partial charge is 0.466 e. The molecule has 9 heteroatoms. The maximum absolute atomic E-state index is 14.5. The summed E-state index contributed by atoms with van der Waals surface area (Å²) in [5.74, 6) is -1.79. The molecule has 3 heterocycles. The summed E-state index contributed by atoms with van der Waals surface area (Å²) in [5, 5.41) is 0. The molecule has 1 aromatic carbocycles. The van der Waals surface area contributed by atoms with Crippen LogP contribution in [0.4, 0.5) is 9.18 Å². The van der Waals surface area contributed by atoms with Crippen LogP contribution in [0.5, 0.6) is 0 Å². The van der Waals surface area contributed by atoms with E-state index < -0.39 is 35.5 Å². The van der Waals surface area contributed by atoms with E-state index in [2.05, 4.69) is 0 Å². The molecule has 4 bridgehead atoms. The number of halogens is 1. The van der Waals surface area contributed by atoms with Gasteiger partial charge in [0, 0.05) is 12.0 Å². The molecule has 0 N–H and O–H groups in total. The summed E-state index contributed by atoms with van der Waals surface area (Å²) >= 11 is 0. The lowest BCUT2D eigenvalue weighted by Crippen LogP contribution is -2.45. The van der Waals surface area contributed by atoms with Crippen LogP contribution in [-0.2, 0) is 43.4 Å². The molecule has 0 aromatic heterocycles. The molecular formula is C27H35FN2O6. The Balaban J connectivity index is 1.58. The van der Waals surface area contributed by atoms with Crippen molar-refractivity contribution in [2.75, 3.05) is 13.2 Å². The number of hydrogen-bond donors (Lipinski definition) is 0. The van der Waals surface area contributed by atoms with Gasteiger partial charge in [0.15, 0.2) is 0 Å². The second kappa shape index (κ2) is 10.6. The Labute approximate surface area is 211 Å². The third-order valence-electron chi connectivity index (χ3n) is 7.51. The van der Waals surface area contributed by atoms with E-state index in [0.29, 0.717) is 18.3 Å². The number of cyclic esters (lactones) is 1. The maximum atomic E-state index is 14.5. The minimum absolute atomic E-state index is 0.0655. The fraction of sp³-hybridized carbons (Fsp3) is 0.630. The molecule has 3 aliphatic rings. The number of aldehydes is 1. The SMILES string of the molecule is CC(C)(C)[C@@H]1CC(=O)OCCCCCc2ccc(F)c3c2CN(C3)C(=O)O[C@@H]2C[C@@H](C=O)N(C2)C1=O. The zero-order valence-electron chi connectivity index (χ0n) is 21.3.